The minimum atomic E-state index is -3.46. The predicted octanol–water partition coefficient (Wildman–Crippen LogP) is 1.37. The predicted molar refractivity (Wildman–Crippen MR) is 103 cm³/mol. The summed E-state index contributed by atoms with van der Waals surface area (Å²) in [5, 5.41) is 0. The number of carbonyl (C=O) groups excluding carboxylic acids is 2. The quantitative estimate of drug-likeness (QED) is 0.718. The van der Waals surface area contributed by atoms with E-state index in [0.29, 0.717) is 51.9 Å². The summed E-state index contributed by atoms with van der Waals surface area (Å²) >= 11 is 0. The van der Waals surface area contributed by atoms with E-state index in [1.165, 1.54) is 4.31 Å². The molecule has 1 heterocycles. The van der Waals surface area contributed by atoms with Gasteiger partial charge in [-0.2, -0.15) is 4.31 Å². The highest BCUT2D eigenvalue weighted by Gasteiger charge is 2.25. The molecule has 1 aromatic rings. The molecule has 150 valence electrons. The fourth-order valence-electron chi connectivity index (χ4n) is 3.36. The van der Waals surface area contributed by atoms with Gasteiger partial charge in [0.25, 0.3) is 0 Å². The first-order valence-corrected chi connectivity index (χ1v) is 10.9. The minimum Gasteiger partial charge on any atom is -0.369 e. The van der Waals surface area contributed by atoms with Crippen LogP contribution in [0.5, 0.6) is 0 Å². The first kappa shape index (κ1) is 21.4. The van der Waals surface area contributed by atoms with E-state index in [0.717, 1.165) is 5.56 Å². The molecular formula is C19H29N3O4S. The molecule has 0 radical (unpaired) electrons. The molecule has 0 spiro atoms. The van der Waals surface area contributed by atoms with Gasteiger partial charge in [-0.05, 0) is 37.0 Å². The Morgan fingerprint density at radius 3 is 2.15 bits per heavy atom. The molecular weight excluding hydrogens is 366 g/mol. The Labute approximate surface area is 161 Å². The topological polar surface area (TPSA) is 101 Å². The standard InChI is InChI=1S/C19H29N3O4S/c1-3-22(4-2)27(25,26)17-8-5-15(6-9-17)7-10-18(23)21-13-11-16(12-14-21)19(20)24/h5-6,8-9,16H,3-4,7,10-14H2,1-2H3,(H2,20,24). The van der Waals surface area contributed by atoms with Gasteiger partial charge in [-0.25, -0.2) is 8.42 Å². The van der Waals surface area contributed by atoms with Gasteiger partial charge in [0.05, 0.1) is 4.90 Å². The first-order chi connectivity index (χ1) is 12.8. The number of likely N-dealkylation sites (tertiary alicyclic amines) is 1. The van der Waals surface area contributed by atoms with Gasteiger partial charge in [0.1, 0.15) is 0 Å². The van der Waals surface area contributed by atoms with Crippen molar-refractivity contribution >= 4 is 21.8 Å². The summed E-state index contributed by atoms with van der Waals surface area (Å²) in [6.45, 7) is 5.62. The molecule has 7 nitrogen and oxygen atoms in total. The maximum absolute atomic E-state index is 12.5. The van der Waals surface area contributed by atoms with Crippen LogP contribution in [0.1, 0.15) is 38.7 Å². The zero-order valence-electron chi connectivity index (χ0n) is 16.1. The maximum atomic E-state index is 12.5. The van der Waals surface area contributed by atoms with E-state index in [1.54, 1.807) is 29.2 Å². The Balaban J connectivity index is 1.90. The number of primary amides is 1. The lowest BCUT2D eigenvalue weighted by atomic mass is 9.96. The average Bonchev–Trinajstić information content (AvgIpc) is 2.67. The first-order valence-electron chi connectivity index (χ1n) is 9.45. The van der Waals surface area contributed by atoms with E-state index in [-0.39, 0.29) is 22.6 Å². The largest absolute Gasteiger partial charge is 0.369 e. The summed E-state index contributed by atoms with van der Waals surface area (Å²) in [6, 6.07) is 6.74. The number of carbonyl (C=O) groups is 2. The SMILES string of the molecule is CCN(CC)S(=O)(=O)c1ccc(CCC(=O)N2CCC(C(N)=O)CC2)cc1. The number of benzene rings is 1. The van der Waals surface area contributed by atoms with Crippen molar-refractivity contribution in [2.75, 3.05) is 26.2 Å². The molecule has 0 atom stereocenters. The summed E-state index contributed by atoms with van der Waals surface area (Å²) in [5.74, 6) is -0.367. The van der Waals surface area contributed by atoms with Crippen molar-refractivity contribution in [1.29, 1.82) is 0 Å². The molecule has 2 N–H and O–H groups in total. The molecule has 1 aliphatic heterocycles. The van der Waals surface area contributed by atoms with Gasteiger partial charge >= 0.3 is 0 Å². The van der Waals surface area contributed by atoms with Crippen LogP contribution in [-0.4, -0.2) is 55.6 Å². The van der Waals surface area contributed by atoms with Crippen molar-refractivity contribution < 1.29 is 18.0 Å². The second-order valence-corrected chi connectivity index (χ2v) is 8.73. The van der Waals surface area contributed by atoms with Crippen LogP contribution in [0, 0.1) is 5.92 Å². The third kappa shape index (κ3) is 5.29. The number of nitrogens with zero attached hydrogens (tertiary/aromatic N) is 2. The molecule has 0 saturated carbocycles. The fourth-order valence-corrected chi connectivity index (χ4v) is 4.82. The number of hydrogen-bond acceptors (Lipinski definition) is 4. The number of aryl methyl sites for hydroxylation is 1. The summed E-state index contributed by atoms with van der Waals surface area (Å²) in [7, 11) is -3.46. The van der Waals surface area contributed by atoms with E-state index in [1.807, 2.05) is 13.8 Å². The van der Waals surface area contributed by atoms with Crippen LogP contribution < -0.4 is 5.73 Å². The number of sulfonamides is 1. The molecule has 8 heteroatoms. The summed E-state index contributed by atoms with van der Waals surface area (Å²) in [6.07, 6.45) is 2.17. The summed E-state index contributed by atoms with van der Waals surface area (Å²) in [4.78, 5) is 25.6. The van der Waals surface area contributed by atoms with Gasteiger partial charge in [0.15, 0.2) is 0 Å². The Morgan fingerprint density at radius 1 is 1.11 bits per heavy atom. The van der Waals surface area contributed by atoms with Gasteiger partial charge in [-0.1, -0.05) is 26.0 Å². The van der Waals surface area contributed by atoms with Crippen LogP contribution >= 0.6 is 0 Å². The molecule has 1 fully saturated rings. The van der Waals surface area contributed by atoms with E-state index >= 15 is 0 Å². The molecule has 2 rings (SSSR count). The van der Waals surface area contributed by atoms with Crippen LogP contribution in [0.4, 0.5) is 0 Å². The third-order valence-corrected chi connectivity index (χ3v) is 7.21. The fraction of sp³-hybridized carbons (Fsp3) is 0.579. The van der Waals surface area contributed by atoms with Gasteiger partial charge in [-0.15, -0.1) is 0 Å². The zero-order valence-corrected chi connectivity index (χ0v) is 16.9. The average molecular weight is 396 g/mol. The lowest BCUT2D eigenvalue weighted by Crippen LogP contribution is -2.41. The summed E-state index contributed by atoms with van der Waals surface area (Å²) < 4.78 is 26.4. The molecule has 0 unspecified atom stereocenters. The highest BCUT2D eigenvalue weighted by atomic mass is 32.2. The van der Waals surface area contributed by atoms with Crippen LogP contribution in [0.2, 0.25) is 0 Å². The van der Waals surface area contributed by atoms with Crippen LogP contribution in [0.15, 0.2) is 29.2 Å². The Bertz CT molecular complexity index is 750. The maximum Gasteiger partial charge on any atom is 0.243 e. The number of nitrogens with two attached hydrogens (primary N) is 1. The second kappa shape index (κ2) is 9.32. The molecule has 1 aromatic carbocycles. The lowest BCUT2D eigenvalue weighted by molar-refractivity contribution is -0.134. The van der Waals surface area contributed by atoms with E-state index in [2.05, 4.69) is 0 Å². The number of amides is 2. The normalized spacial score (nSPS) is 15.9. The second-order valence-electron chi connectivity index (χ2n) is 6.79. The molecule has 1 aliphatic rings. The number of piperidine rings is 1. The highest BCUT2D eigenvalue weighted by Crippen LogP contribution is 2.19. The Kier molecular flexibility index (Phi) is 7.38. The lowest BCUT2D eigenvalue weighted by Gasteiger charge is -2.30. The van der Waals surface area contributed by atoms with Crippen molar-refractivity contribution in [1.82, 2.24) is 9.21 Å². The monoisotopic (exact) mass is 395 g/mol. The van der Waals surface area contributed by atoms with Gasteiger partial charge in [0.2, 0.25) is 21.8 Å². The van der Waals surface area contributed by atoms with Gasteiger partial charge in [-0.3, -0.25) is 9.59 Å². The highest BCUT2D eigenvalue weighted by molar-refractivity contribution is 7.89. The zero-order chi connectivity index (χ0) is 20.0. The molecule has 27 heavy (non-hydrogen) atoms. The van der Waals surface area contributed by atoms with Crippen LogP contribution in [0.3, 0.4) is 0 Å². The molecule has 0 bridgehead atoms. The molecule has 0 aliphatic carbocycles. The van der Waals surface area contributed by atoms with Gasteiger partial charge in [0, 0.05) is 38.5 Å². The smallest absolute Gasteiger partial charge is 0.243 e. The van der Waals surface area contributed by atoms with E-state index in [9.17, 15) is 18.0 Å². The van der Waals surface area contributed by atoms with Crippen molar-refractivity contribution in [2.45, 2.75) is 44.4 Å². The molecule has 1 saturated heterocycles. The van der Waals surface area contributed by atoms with Crippen molar-refractivity contribution in [3.63, 3.8) is 0 Å². The molecule has 2 amide bonds. The Hall–Kier alpha value is -1.93. The van der Waals surface area contributed by atoms with Crippen molar-refractivity contribution in [3.8, 4) is 0 Å². The molecule has 0 aromatic heterocycles. The summed E-state index contributed by atoms with van der Waals surface area (Å²) in [5.41, 5.74) is 6.24. The van der Waals surface area contributed by atoms with Gasteiger partial charge < -0.3 is 10.6 Å². The van der Waals surface area contributed by atoms with Crippen molar-refractivity contribution in [2.24, 2.45) is 11.7 Å². The number of rotatable bonds is 8. The third-order valence-electron chi connectivity index (χ3n) is 5.14. The van der Waals surface area contributed by atoms with E-state index in [4.69, 9.17) is 5.73 Å². The van der Waals surface area contributed by atoms with Crippen LogP contribution in [-0.2, 0) is 26.0 Å². The van der Waals surface area contributed by atoms with E-state index < -0.39 is 10.0 Å². The minimum absolute atomic E-state index is 0.0535. The van der Waals surface area contributed by atoms with Crippen LogP contribution in [0.25, 0.3) is 0 Å². The number of hydrogen-bond donors (Lipinski definition) is 1. The Morgan fingerprint density at radius 2 is 1.67 bits per heavy atom. The van der Waals surface area contributed by atoms with Crippen molar-refractivity contribution in [3.05, 3.63) is 29.8 Å².